The molecule has 3 atom stereocenters. The Hall–Kier alpha value is -0.660. The van der Waals surface area contributed by atoms with Crippen molar-refractivity contribution in [2.24, 2.45) is 17.6 Å². The number of piperidine rings is 1. The number of amides is 1. The second-order valence-electron chi connectivity index (χ2n) is 6.00. The summed E-state index contributed by atoms with van der Waals surface area (Å²) in [5, 5.41) is 3.03. The van der Waals surface area contributed by atoms with E-state index < -0.39 is 10.0 Å². The van der Waals surface area contributed by atoms with Crippen molar-refractivity contribution in [3.8, 4) is 0 Å². The van der Waals surface area contributed by atoms with Crippen LogP contribution in [0.25, 0.3) is 0 Å². The van der Waals surface area contributed by atoms with E-state index in [0.717, 1.165) is 32.1 Å². The van der Waals surface area contributed by atoms with Gasteiger partial charge in [0.1, 0.15) is 0 Å². The minimum Gasteiger partial charge on any atom is -0.352 e. The molecule has 20 heavy (non-hydrogen) atoms. The van der Waals surface area contributed by atoms with Crippen molar-refractivity contribution in [2.45, 2.75) is 38.1 Å². The average molecular weight is 303 g/mol. The predicted octanol–water partition coefficient (Wildman–Crippen LogP) is -0.0984. The van der Waals surface area contributed by atoms with E-state index >= 15 is 0 Å². The fraction of sp³-hybridized carbons (Fsp3) is 0.923. The number of carbonyl (C=O) groups excluding carboxylic acids is 1. The summed E-state index contributed by atoms with van der Waals surface area (Å²) in [6.07, 6.45) is 5.84. The molecular formula is C13H25N3O3S. The molecule has 1 aliphatic heterocycles. The highest BCUT2D eigenvalue weighted by Crippen LogP contribution is 2.31. The normalized spacial score (nSPS) is 32.2. The molecule has 0 radical (unpaired) electrons. The molecule has 1 heterocycles. The third-order valence-corrected chi connectivity index (χ3v) is 5.77. The Morgan fingerprint density at radius 1 is 1.30 bits per heavy atom. The minimum atomic E-state index is -3.17. The Morgan fingerprint density at radius 2 is 2.05 bits per heavy atom. The molecular weight excluding hydrogens is 278 g/mol. The van der Waals surface area contributed by atoms with Gasteiger partial charge in [0.2, 0.25) is 15.9 Å². The van der Waals surface area contributed by atoms with Crippen molar-refractivity contribution in [3.63, 3.8) is 0 Å². The van der Waals surface area contributed by atoms with Crippen LogP contribution >= 0.6 is 0 Å². The maximum absolute atomic E-state index is 12.3. The van der Waals surface area contributed by atoms with Crippen LogP contribution in [-0.4, -0.2) is 50.6 Å². The van der Waals surface area contributed by atoms with Crippen LogP contribution in [-0.2, 0) is 14.8 Å². The number of hydrogen-bond acceptors (Lipinski definition) is 4. The zero-order valence-corrected chi connectivity index (χ0v) is 12.9. The number of carbonyl (C=O) groups is 1. The molecule has 1 saturated carbocycles. The lowest BCUT2D eigenvalue weighted by molar-refractivity contribution is -0.126. The van der Waals surface area contributed by atoms with Gasteiger partial charge in [0.15, 0.2) is 0 Å². The molecule has 0 aromatic rings. The molecule has 2 aliphatic rings. The van der Waals surface area contributed by atoms with Crippen molar-refractivity contribution < 1.29 is 13.2 Å². The van der Waals surface area contributed by atoms with Crippen LogP contribution in [0, 0.1) is 11.8 Å². The fourth-order valence-electron chi connectivity index (χ4n) is 3.33. The van der Waals surface area contributed by atoms with Crippen LogP contribution in [0.3, 0.4) is 0 Å². The number of nitrogens with zero attached hydrogens (tertiary/aromatic N) is 1. The highest BCUT2D eigenvalue weighted by Gasteiger charge is 2.34. The average Bonchev–Trinajstić information content (AvgIpc) is 2.86. The molecule has 1 saturated heterocycles. The third kappa shape index (κ3) is 3.71. The molecule has 2 rings (SSSR count). The standard InChI is InChI=1S/C13H25N3O3S/c1-20(18,19)16-7-3-5-11(9-16)15-13(17)12-6-2-4-10(12)8-14/h10-12H,2-9,14H2,1H3,(H,15,17)/t10-,11?,12-/m1/s1. The Kier molecular flexibility index (Phi) is 5.04. The van der Waals surface area contributed by atoms with Gasteiger partial charge in [-0.2, -0.15) is 0 Å². The number of nitrogens with one attached hydrogen (secondary N) is 1. The third-order valence-electron chi connectivity index (χ3n) is 4.50. The van der Waals surface area contributed by atoms with Crippen LogP contribution < -0.4 is 11.1 Å². The van der Waals surface area contributed by atoms with Crippen LogP contribution in [0.15, 0.2) is 0 Å². The first-order valence-corrected chi connectivity index (χ1v) is 9.22. The second-order valence-corrected chi connectivity index (χ2v) is 7.98. The summed E-state index contributed by atoms with van der Waals surface area (Å²) in [6.45, 7) is 1.50. The molecule has 1 amide bonds. The number of nitrogens with two attached hydrogens (primary N) is 1. The highest BCUT2D eigenvalue weighted by atomic mass is 32.2. The summed E-state index contributed by atoms with van der Waals surface area (Å²) in [6, 6.07) is -0.0648. The number of sulfonamides is 1. The Balaban J connectivity index is 1.91. The van der Waals surface area contributed by atoms with E-state index in [1.807, 2.05) is 0 Å². The van der Waals surface area contributed by atoms with Crippen LogP contribution in [0.4, 0.5) is 0 Å². The van der Waals surface area contributed by atoms with E-state index in [4.69, 9.17) is 5.73 Å². The quantitative estimate of drug-likeness (QED) is 0.758. The van der Waals surface area contributed by atoms with E-state index in [1.165, 1.54) is 10.6 Å². The molecule has 0 aromatic heterocycles. The van der Waals surface area contributed by atoms with E-state index in [9.17, 15) is 13.2 Å². The van der Waals surface area contributed by atoms with E-state index in [1.54, 1.807) is 0 Å². The lowest BCUT2D eigenvalue weighted by atomic mass is 9.94. The van der Waals surface area contributed by atoms with Gasteiger partial charge in [-0.15, -0.1) is 0 Å². The van der Waals surface area contributed by atoms with Gasteiger partial charge in [-0.3, -0.25) is 4.79 Å². The van der Waals surface area contributed by atoms with Crippen LogP contribution in [0.1, 0.15) is 32.1 Å². The zero-order chi connectivity index (χ0) is 14.8. The minimum absolute atomic E-state index is 0.00797. The Labute approximate surface area is 121 Å². The zero-order valence-electron chi connectivity index (χ0n) is 12.0. The van der Waals surface area contributed by atoms with Gasteiger partial charge < -0.3 is 11.1 Å². The first-order valence-electron chi connectivity index (χ1n) is 7.37. The number of rotatable bonds is 4. The van der Waals surface area contributed by atoms with E-state index in [2.05, 4.69) is 5.32 Å². The van der Waals surface area contributed by atoms with E-state index in [0.29, 0.717) is 19.6 Å². The fourth-order valence-corrected chi connectivity index (χ4v) is 4.25. The monoisotopic (exact) mass is 303 g/mol. The lowest BCUT2D eigenvalue weighted by Gasteiger charge is -2.32. The summed E-state index contributed by atoms with van der Waals surface area (Å²) in [7, 11) is -3.17. The molecule has 0 bridgehead atoms. The Morgan fingerprint density at radius 3 is 2.70 bits per heavy atom. The van der Waals surface area contributed by atoms with Gasteiger partial charge >= 0.3 is 0 Å². The maximum Gasteiger partial charge on any atom is 0.223 e. The lowest BCUT2D eigenvalue weighted by Crippen LogP contribution is -2.51. The highest BCUT2D eigenvalue weighted by molar-refractivity contribution is 7.88. The van der Waals surface area contributed by atoms with Crippen molar-refractivity contribution in [1.82, 2.24) is 9.62 Å². The summed E-state index contributed by atoms with van der Waals surface area (Å²) in [4.78, 5) is 12.3. The molecule has 116 valence electrons. The second kappa shape index (κ2) is 6.41. The first-order chi connectivity index (χ1) is 9.41. The molecule has 0 aromatic carbocycles. The van der Waals surface area contributed by atoms with Crippen molar-refractivity contribution in [1.29, 1.82) is 0 Å². The van der Waals surface area contributed by atoms with Gasteiger partial charge in [-0.1, -0.05) is 6.42 Å². The van der Waals surface area contributed by atoms with Crippen molar-refractivity contribution >= 4 is 15.9 Å². The molecule has 1 unspecified atom stereocenters. The number of hydrogen-bond donors (Lipinski definition) is 2. The smallest absolute Gasteiger partial charge is 0.223 e. The summed E-state index contributed by atoms with van der Waals surface area (Å²) < 4.78 is 24.6. The molecule has 2 fully saturated rings. The van der Waals surface area contributed by atoms with Gasteiger partial charge in [0.25, 0.3) is 0 Å². The van der Waals surface area contributed by atoms with E-state index in [-0.39, 0.29) is 23.8 Å². The van der Waals surface area contributed by atoms with Crippen molar-refractivity contribution in [3.05, 3.63) is 0 Å². The van der Waals surface area contributed by atoms with Gasteiger partial charge in [0.05, 0.1) is 6.26 Å². The molecule has 3 N–H and O–H groups in total. The van der Waals surface area contributed by atoms with Crippen LogP contribution in [0.2, 0.25) is 0 Å². The largest absolute Gasteiger partial charge is 0.352 e. The first kappa shape index (κ1) is 15.7. The molecule has 6 nitrogen and oxygen atoms in total. The molecule has 7 heteroatoms. The van der Waals surface area contributed by atoms with Gasteiger partial charge in [-0.25, -0.2) is 12.7 Å². The topological polar surface area (TPSA) is 92.5 Å². The maximum atomic E-state index is 12.3. The molecule has 1 aliphatic carbocycles. The van der Waals surface area contributed by atoms with Gasteiger partial charge in [0, 0.05) is 25.0 Å². The summed E-state index contributed by atoms with van der Waals surface area (Å²) in [5.41, 5.74) is 5.71. The van der Waals surface area contributed by atoms with Crippen molar-refractivity contribution in [2.75, 3.05) is 25.9 Å². The van der Waals surface area contributed by atoms with Gasteiger partial charge in [-0.05, 0) is 38.1 Å². The summed E-state index contributed by atoms with van der Waals surface area (Å²) >= 11 is 0. The Bertz CT molecular complexity index is 452. The summed E-state index contributed by atoms with van der Waals surface area (Å²) in [5.74, 6) is 0.344. The predicted molar refractivity (Wildman–Crippen MR) is 77.5 cm³/mol. The van der Waals surface area contributed by atoms with Crippen LogP contribution in [0.5, 0.6) is 0 Å². The molecule has 0 spiro atoms. The SMILES string of the molecule is CS(=O)(=O)N1CCCC(NC(=O)[C@@H]2CCC[C@@H]2CN)C1.